The molecule has 1 saturated heterocycles. The second kappa shape index (κ2) is 7.77. The lowest BCUT2D eigenvalue weighted by atomic mass is 9.99. The molecule has 2 atom stereocenters. The molecule has 0 saturated carbocycles. The van der Waals surface area contributed by atoms with Crippen molar-refractivity contribution in [1.29, 1.82) is 0 Å². The Bertz CT molecular complexity index is 408. The molecule has 3 heteroatoms. The highest BCUT2D eigenvalue weighted by Gasteiger charge is 2.23. The van der Waals surface area contributed by atoms with E-state index in [9.17, 15) is 0 Å². The van der Waals surface area contributed by atoms with Gasteiger partial charge in [-0.2, -0.15) is 0 Å². The van der Waals surface area contributed by atoms with Gasteiger partial charge in [0.2, 0.25) is 0 Å². The number of ether oxygens (including phenoxy) is 1. The predicted molar refractivity (Wildman–Crippen MR) is 84.0 cm³/mol. The molecule has 0 spiro atoms. The molecular formula is C17H28N2O. The quantitative estimate of drug-likeness (QED) is 0.828. The molecule has 1 aliphatic heterocycles. The molecule has 0 aliphatic carbocycles. The van der Waals surface area contributed by atoms with E-state index < -0.39 is 0 Å². The van der Waals surface area contributed by atoms with Gasteiger partial charge in [-0.25, -0.2) is 0 Å². The van der Waals surface area contributed by atoms with Gasteiger partial charge in [0.15, 0.2) is 0 Å². The molecule has 1 aromatic rings. The molecule has 2 rings (SSSR count). The molecule has 0 aromatic heterocycles. The Morgan fingerprint density at radius 2 is 2.20 bits per heavy atom. The molecule has 0 bridgehead atoms. The summed E-state index contributed by atoms with van der Waals surface area (Å²) in [6.45, 7) is 6.68. The van der Waals surface area contributed by atoms with Crippen molar-refractivity contribution in [3.8, 4) is 0 Å². The third kappa shape index (κ3) is 4.05. The highest BCUT2D eigenvalue weighted by molar-refractivity contribution is 5.28. The first kappa shape index (κ1) is 15.5. The molecule has 1 aromatic carbocycles. The van der Waals surface area contributed by atoms with Gasteiger partial charge in [0.05, 0.1) is 6.61 Å². The van der Waals surface area contributed by atoms with Crippen LogP contribution in [0.2, 0.25) is 0 Å². The molecule has 3 nitrogen and oxygen atoms in total. The predicted octanol–water partition coefficient (Wildman–Crippen LogP) is 2.61. The summed E-state index contributed by atoms with van der Waals surface area (Å²) < 4.78 is 5.27. The number of benzene rings is 1. The van der Waals surface area contributed by atoms with E-state index >= 15 is 0 Å². The zero-order valence-electron chi connectivity index (χ0n) is 13.1. The molecule has 1 fully saturated rings. The number of likely N-dealkylation sites (tertiary alicyclic amines) is 1. The Balaban J connectivity index is 1.85. The van der Waals surface area contributed by atoms with E-state index in [0.29, 0.717) is 6.04 Å². The van der Waals surface area contributed by atoms with Gasteiger partial charge in [0.1, 0.15) is 0 Å². The van der Waals surface area contributed by atoms with E-state index in [0.717, 1.165) is 12.5 Å². The standard InChI is InChI=1S/C17H28N2O/c1-14-6-4-5-7-16(14)17(18-2)9-11-19-10-8-15(12-19)13-20-3/h4-7,15,17-18H,8-13H2,1-3H3. The van der Waals surface area contributed by atoms with Gasteiger partial charge in [0, 0.05) is 19.7 Å². The molecule has 0 radical (unpaired) electrons. The molecule has 1 aliphatic rings. The van der Waals surface area contributed by atoms with Gasteiger partial charge in [-0.1, -0.05) is 24.3 Å². The van der Waals surface area contributed by atoms with Gasteiger partial charge >= 0.3 is 0 Å². The van der Waals surface area contributed by atoms with Gasteiger partial charge in [-0.3, -0.25) is 0 Å². The number of methoxy groups -OCH3 is 1. The lowest BCUT2D eigenvalue weighted by Crippen LogP contribution is -2.27. The maximum atomic E-state index is 5.27. The summed E-state index contributed by atoms with van der Waals surface area (Å²) >= 11 is 0. The molecule has 2 unspecified atom stereocenters. The van der Waals surface area contributed by atoms with Crippen LogP contribution in [-0.2, 0) is 4.74 Å². The SMILES string of the molecule is CNC(CCN1CCC(COC)C1)c1ccccc1C. The summed E-state index contributed by atoms with van der Waals surface area (Å²) in [6, 6.07) is 9.15. The average Bonchev–Trinajstić information content (AvgIpc) is 2.89. The Morgan fingerprint density at radius 1 is 1.40 bits per heavy atom. The highest BCUT2D eigenvalue weighted by atomic mass is 16.5. The van der Waals surface area contributed by atoms with Crippen LogP contribution in [0.25, 0.3) is 0 Å². The van der Waals surface area contributed by atoms with Crippen LogP contribution in [0, 0.1) is 12.8 Å². The number of hydrogen-bond donors (Lipinski definition) is 1. The fourth-order valence-corrected chi connectivity index (χ4v) is 3.23. The second-order valence-corrected chi connectivity index (χ2v) is 5.90. The normalized spacial score (nSPS) is 21.2. The van der Waals surface area contributed by atoms with Crippen LogP contribution in [0.1, 0.15) is 30.0 Å². The Morgan fingerprint density at radius 3 is 2.90 bits per heavy atom. The number of nitrogens with zero attached hydrogens (tertiary/aromatic N) is 1. The monoisotopic (exact) mass is 276 g/mol. The first-order valence-corrected chi connectivity index (χ1v) is 7.68. The molecule has 1 N–H and O–H groups in total. The lowest BCUT2D eigenvalue weighted by molar-refractivity contribution is 0.153. The zero-order valence-corrected chi connectivity index (χ0v) is 13.1. The summed E-state index contributed by atoms with van der Waals surface area (Å²) in [5, 5.41) is 3.47. The average molecular weight is 276 g/mol. The smallest absolute Gasteiger partial charge is 0.0503 e. The van der Waals surface area contributed by atoms with Crippen LogP contribution >= 0.6 is 0 Å². The Labute approximate surface area is 123 Å². The van der Waals surface area contributed by atoms with Crippen LogP contribution in [0.15, 0.2) is 24.3 Å². The van der Waals surface area contributed by atoms with Crippen molar-refractivity contribution in [2.75, 3.05) is 40.4 Å². The van der Waals surface area contributed by atoms with Crippen LogP contribution < -0.4 is 5.32 Å². The van der Waals surface area contributed by atoms with Crippen LogP contribution in [0.4, 0.5) is 0 Å². The highest BCUT2D eigenvalue weighted by Crippen LogP contribution is 2.22. The molecule has 20 heavy (non-hydrogen) atoms. The Hall–Kier alpha value is -0.900. The largest absolute Gasteiger partial charge is 0.384 e. The summed E-state index contributed by atoms with van der Waals surface area (Å²) in [6.07, 6.45) is 2.45. The topological polar surface area (TPSA) is 24.5 Å². The first-order chi connectivity index (χ1) is 9.74. The van der Waals surface area contributed by atoms with Crippen LogP contribution in [-0.4, -0.2) is 45.3 Å². The third-order valence-electron chi connectivity index (χ3n) is 4.42. The fraction of sp³-hybridized carbons (Fsp3) is 0.647. The van der Waals surface area contributed by atoms with Gasteiger partial charge in [-0.15, -0.1) is 0 Å². The molecular weight excluding hydrogens is 248 g/mol. The van der Waals surface area contributed by atoms with Crippen molar-refractivity contribution < 1.29 is 4.74 Å². The van der Waals surface area contributed by atoms with Crippen molar-refractivity contribution in [3.05, 3.63) is 35.4 Å². The van der Waals surface area contributed by atoms with E-state index in [1.807, 2.05) is 0 Å². The van der Waals surface area contributed by atoms with E-state index in [-0.39, 0.29) is 0 Å². The number of nitrogens with one attached hydrogen (secondary N) is 1. The van der Waals surface area contributed by atoms with Crippen LogP contribution in [0.5, 0.6) is 0 Å². The summed E-state index contributed by atoms with van der Waals surface area (Å²) in [7, 11) is 3.87. The fourth-order valence-electron chi connectivity index (χ4n) is 3.23. The number of hydrogen-bond acceptors (Lipinski definition) is 3. The number of rotatable bonds is 7. The van der Waals surface area contributed by atoms with Crippen molar-refractivity contribution >= 4 is 0 Å². The molecule has 0 amide bonds. The maximum Gasteiger partial charge on any atom is 0.0503 e. The summed E-state index contributed by atoms with van der Waals surface area (Å²) in [5.41, 5.74) is 2.81. The van der Waals surface area contributed by atoms with Gasteiger partial charge < -0.3 is 15.0 Å². The van der Waals surface area contributed by atoms with Crippen molar-refractivity contribution in [1.82, 2.24) is 10.2 Å². The van der Waals surface area contributed by atoms with Crippen LogP contribution in [0.3, 0.4) is 0 Å². The lowest BCUT2D eigenvalue weighted by Gasteiger charge is -2.22. The van der Waals surface area contributed by atoms with E-state index in [2.05, 4.69) is 48.5 Å². The first-order valence-electron chi connectivity index (χ1n) is 7.68. The van der Waals surface area contributed by atoms with Gasteiger partial charge in [-0.05, 0) is 56.9 Å². The summed E-state index contributed by atoms with van der Waals surface area (Å²) in [5.74, 6) is 0.728. The molecule has 1 heterocycles. The van der Waals surface area contributed by atoms with Crippen molar-refractivity contribution in [2.24, 2.45) is 5.92 Å². The second-order valence-electron chi connectivity index (χ2n) is 5.90. The van der Waals surface area contributed by atoms with Crippen molar-refractivity contribution in [2.45, 2.75) is 25.8 Å². The summed E-state index contributed by atoms with van der Waals surface area (Å²) in [4.78, 5) is 2.58. The minimum atomic E-state index is 0.456. The Kier molecular flexibility index (Phi) is 6.02. The molecule has 112 valence electrons. The zero-order chi connectivity index (χ0) is 14.4. The van der Waals surface area contributed by atoms with E-state index in [4.69, 9.17) is 4.74 Å². The minimum absolute atomic E-state index is 0.456. The minimum Gasteiger partial charge on any atom is -0.384 e. The van der Waals surface area contributed by atoms with E-state index in [1.165, 1.54) is 43.6 Å². The maximum absolute atomic E-state index is 5.27. The van der Waals surface area contributed by atoms with E-state index in [1.54, 1.807) is 7.11 Å². The van der Waals surface area contributed by atoms with Gasteiger partial charge in [0.25, 0.3) is 0 Å². The van der Waals surface area contributed by atoms with Crippen molar-refractivity contribution in [3.63, 3.8) is 0 Å². The third-order valence-corrected chi connectivity index (χ3v) is 4.42. The number of aryl methyl sites for hydroxylation is 1.